The molecule has 3 aromatic rings. The van der Waals surface area contributed by atoms with Gasteiger partial charge in [-0.2, -0.15) is 5.10 Å². The van der Waals surface area contributed by atoms with E-state index in [1.54, 1.807) is 36.3 Å². The Morgan fingerprint density at radius 2 is 2.12 bits per heavy atom. The van der Waals surface area contributed by atoms with Crippen molar-refractivity contribution in [2.24, 2.45) is 5.92 Å². The lowest BCUT2D eigenvalue weighted by Crippen LogP contribution is -2.23. The molecule has 0 amide bonds. The number of hydrogen-bond donors (Lipinski definition) is 0. The summed E-state index contributed by atoms with van der Waals surface area (Å²) >= 11 is 7.68. The van der Waals surface area contributed by atoms with E-state index in [4.69, 9.17) is 16.3 Å². The monoisotopic (exact) mass is 487 g/mol. The van der Waals surface area contributed by atoms with Crippen molar-refractivity contribution in [1.29, 1.82) is 0 Å². The molecule has 0 bridgehead atoms. The Labute approximate surface area is 203 Å². The van der Waals surface area contributed by atoms with E-state index >= 15 is 0 Å². The van der Waals surface area contributed by atoms with Crippen LogP contribution in [0.5, 0.6) is 0 Å². The lowest BCUT2D eigenvalue weighted by atomic mass is 10.0. The van der Waals surface area contributed by atoms with Crippen LogP contribution >= 0.6 is 23.4 Å². The van der Waals surface area contributed by atoms with Gasteiger partial charge in [0.25, 0.3) is 5.56 Å². The molecule has 0 aliphatic carbocycles. The summed E-state index contributed by atoms with van der Waals surface area (Å²) in [7, 11) is 0. The topological polar surface area (TPSA) is 74.1 Å². The van der Waals surface area contributed by atoms with E-state index < -0.39 is 0 Å². The van der Waals surface area contributed by atoms with Crippen molar-refractivity contribution in [3.8, 4) is 0 Å². The van der Waals surface area contributed by atoms with Gasteiger partial charge in [-0.15, -0.1) is 11.8 Å². The van der Waals surface area contributed by atoms with Gasteiger partial charge >= 0.3 is 5.97 Å². The van der Waals surface area contributed by atoms with Gasteiger partial charge in [0.15, 0.2) is 0 Å². The second-order valence-electron chi connectivity index (χ2n) is 8.01. The van der Waals surface area contributed by atoms with Gasteiger partial charge in [-0.3, -0.25) is 9.59 Å². The zero-order chi connectivity index (χ0) is 23.6. The molecule has 0 aliphatic rings. The number of halogens is 1. The Hall–Kier alpha value is -2.38. The minimum absolute atomic E-state index is 0.156. The summed E-state index contributed by atoms with van der Waals surface area (Å²) in [6.45, 7) is 5.09. The lowest BCUT2D eigenvalue weighted by molar-refractivity contribution is -0.144. The van der Waals surface area contributed by atoms with Crippen LogP contribution in [0.25, 0.3) is 10.8 Å². The Kier molecular flexibility index (Phi) is 9.76. The number of nitrogens with zero attached hydrogens (tertiary/aromatic N) is 3. The molecule has 0 saturated carbocycles. The van der Waals surface area contributed by atoms with Crippen LogP contribution in [-0.4, -0.2) is 33.1 Å². The molecule has 6 nitrogen and oxygen atoms in total. The van der Waals surface area contributed by atoms with Gasteiger partial charge in [-0.1, -0.05) is 50.8 Å². The van der Waals surface area contributed by atoms with Crippen LogP contribution in [-0.2, 0) is 16.1 Å². The average Bonchev–Trinajstić information content (AvgIpc) is 2.82. The lowest BCUT2D eigenvalue weighted by Gasteiger charge is -2.14. The van der Waals surface area contributed by atoms with Crippen molar-refractivity contribution in [1.82, 2.24) is 14.8 Å². The van der Waals surface area contributed by atoms with Crippen molar-refractivity contribution >= 4 is 40.1 Å². The number of rotatable bonds is 12. The van der Waals surface area contributed by atoms with Crippen molar-refractivity contribution in [2.45, 2.75) is 57.4 Å². The van der Waals surface area contributed by atoms with Gasteiger partial charge in [-0.05, 0) is 36.6 Å². The molecule has 0 spiro atoms. The van der Waals surface area contributed by atoms with Crippen LogP contribution in [0.4, 0.5) is 0 Å². The molecule has 2 heterocycles. The third kappa shape index (κ3) is 7.30. The molecule has 1 aromatic carbocycles. The number of esters is 1. The minimum Gasteiger partial charge on any atom is -0.465 e. The molecular weight excluding hydrogens is 458 g/mol. The number of ether oxygens (including phenoxy) is 1. The summed E-state index contributed by atoms with van der Waals surface area (Å²) in [6.07, 6.45) is 8.12. The average molecular weight is 488 g/mol. The van der Waals surface area contributed by atoms with Crippen LogP contribution < -0.4 is 5.56 Å². The molecule has 2 aromatic heterocycles. The third-order valence-corrected chi connectivity index (χ3v) is 6.91. The molecule has 33 heavy (non-hydrogen) atoms. The zero-order valence-corrected chi connectivity index (χ0v) is 20.7. The van der Waals surface area contributed by atoms with E-state index in [2.05, 4.69) is 23.9 Å². The van der Waals surface area contributed by atoms with Crippen molar-refractivity contribution < 1.29 is 9.53 Å². The summed E-state index contributed by atoms with van der Waals surface area (Å²) in [6, 6.07) is 9.24. The number of benzene rings is 1. The van der Waals surface area contributed by atoms with E-state index in [-0.39, 0.29) is 18.1 Å². The van der Waals surface area contributed by atoms with Gasteiger partial charge in [0, 0.05) is 27.8 Å². The third-order valence-electron chi connectivity index (χ3n) is 5.58. The Morgan fingerprint density at radius 1 is 1.27 bits per heavy atom. The summed E-state index contributed by atoms with van der Waals surface area (Å²) in [4.78, 5) is 30.0. The molecular formula is C25H30ClN3O3S. The molecule has 176 valence electrons. The first-order valence-electron chi connectivity index (χ1n) is 11.4. The van der Waals surface area contributed by atoms with E-state index in [0.717, 1.165) is 35.1 Å². The molecule has 1 atom stereocenters. The van der Waals surface area contributed by atoms with Crippen LogP contribution in [0, 0.1) is 5.92 Å². The Balaban J connectivity index is 1.55. The highest BCUT2D eigenvalue weighted by atomic mass is 35.5. The number of hydrogen-bond acceptors (Lipinski definition) is 6. The quantitative estimate of drug-likeness (QED) is 0.184. The molecule has 0 N–H and O–H groups in total. The molecule has 0 fully saturated rings. The smallest absolute Gasteiger partial charge is 0.306 e. The minimum atomic E-state index is -0.180. The van der Waals surface area contributed by atoms with Crippen molar-refractivity contribution in [3.05, 3.63) is 63.8 Å². The van der Waals surface area contributed by atoms with Gasteiger partial charge < -0.3 is 4.74 Å². The SMILES string of the molecule is CCCCC(CC)COC(=O)CCSc1ccc2c(=O)n(Cc3cccnc3Cl)ncc2c1. The summed E-state index contributed by atoms with van der Waals surface area (Å²) < 4.78 is 6.85. The second kappa shape index (κ2) is 12.8. The van der Waals surface area contributed by atoms with Crippen molar-refractivity contribution in [2.75, 3.05) is 12.4 Å². The highest BCUT2D eigenvalue weighted by Gasteiger charge is 2.11. The standard InChI is InChI=1S/C25H30ClN3O3S/c1-3-5-7-18(4-2)17-32-23(30)11-13-33-21-9-10-22-20(14-21)15-28-29(25(22)31)16-19-8-6-12-27-24(19)26/h6,8-10,12,14-15,18H,3-5,7,11,13,16-17H2,1-2H3. The van der Waals surface area contributed by atoms with E-state index in [0.29, 0.717) is 35.2 Å². The maximum atomic E-state index is 12.8. The number of fused-ring (bicyclic) bond motifs is 1. The van der Waals surface area contributed by atoms with Crippen LogP contribution in [0.15, 0.2) is 52.4 Å². The Morgan fingerprint density at radius 3 is 2.88 bits per heavy atom. The number of unbranched alkanes of at least 4 members (excludes halogenated alkanes) is 1. The predicted octanol–water partition coefficient (Wildman–Crippen LogP) is 5.74. The molecule has 3 rings (SSSR count). The first kappa shape index (κ1) is 25.2. The fourth-order valence-corrected chi connectivity index (χ4v) is 4.56. The van der Waals surface area contributed by atoms with Gasteiger partial charge in [0.1, 0.15) is 5.15 Å². The predicted molar refractivity (Wildman–Crippen MR) is 134 cm³/mol. The van der Waals surface area contributed by atoms with E-state index in [1.807, 2.05) is 18.2 Å². The van der Waals surface area contributed by atoms with Crippen LogP contribution in [0.2, 0.25) is 5.15 Å². The molecule has 1 unspecified atom stereocenters. The fourth-order valence-electron chi connectivity index (χ4n) is 3.50. The van der Waals surface area contributed by atoms with Crippen molar-refractivity contribution in [3.63, 3.8) is 0 Å². The number of carbonyl (C=O) groups is 1. The number of aromatic nitrogens is 3. The molecule has 8 heteroatoms. The van der Waals surface area contributed by atoms with Gasteiger partial charge in [0.05, 0.1) is 31.2 Å². The molecule has 0 saturated heterocycles. The highest BCUT2D eigenvalue weighted by molar-refractivity contribution is 7.99. The molecule has 0 radical (unpaired) electrons. The normalized spacial score (nSPS) is 12.1. The first-order chi connectivity index (χ1) is 16.0. The maximum Gasteiger partial charge on any atom is 0.306 e. The summed E-state index contributed by atoms with van der Waals surface area (Å²) in [5.74, 6) is 0.921. The van der Waals surface area contributed by atoms with Gasteiger partial charge in [0.2, 0.25) is 0 Å². The second-order valence-corrected chi connectivity index (χ2v) is 9.53. The number of thioether (sulfide) groups is 1. The Bertz CT molecular complexity index is 1140. The van der Waals surface area contributed by atoms with Crippen LogP contribution in [0.1, 0.15) is 51.5 Å². The maximum absolute atomic E-state index is 12.8. The van der Waals surface area contributed by atoms with Gasteiger partial charge in [-0.25, -0.2) is 9.67 Å². The highest BCUT2D eigenvalue weighted by Crippen LogP contribution is 2.23. The number of carbonyl (C=O) groups excluding carboxylic acids is 1. The molecule has 0 aliphatic heterocycles. The number of pyridine rings is 1. The van der Waals surface area contributed by atoms with E-state index in [1.165, 1.54) is 11.1 Å². The van der Waals surface area contributed by atoms with Crippen LogP contribution in [0.3, 0.4) is 0 Å². The summed E-state index contributed by atoms with van der Waals surface area (Å²) in [5.41, 5.74) is 0.559. The summed E-state index contributed by atoms with van der Waals surface area (Å²) in [5, 5.41) is 6.02. The fraction of sp³-hybridized carbons (Fsp3) is 0.440. The largest absolute Gasteiger partial charge is 0.465 e. The first-order valence-corrected chi connectivity index (χ1v) is 12.8. The van der Waals surface area contributed by atoms with E-state index in [9.17, 15) is 9.59 Å². The zero-order valence-electron chi connectivity index (χ0n) is 19.1.